The molecule has 0 aliphatic rings. The van der Waals surface area contributed by atoms with Gasteiger partial charge in [-0.1, -0.05) is 63.2 Å². The Balaban J connectivity index is 1.57. The van der Waals surface area contributed by atoms with E-state index in [4.69, 9.17) is 5.10 Å². The number of rotatable bonds is 9. The minimum atomic E-state index is -0.478. The molecule has 4 rings (SSSR count). The van der Waals surface area contributed by atoms with E-state index >= 15 is 0 Å². The summed E-state index contributed by atoms with van der Waals surface area (Å²) in [5.74, 6) is -0.226. The second kappa shape index (κ2) is 12.4. The number of carbonyl (C=O) groups excluding carboxylic acids is 2. The lowest BCUT2D eigenvalue weighted by atomic mass is 9.92. The lowest BCUT2D eigenvalue weighted by Crippen LogP contribution is -2.37. The topological polar surface area (TPSA) is 110 Å². The minimum Gasteiger partial charge on any atom is -0.326 e. The van der Waals surface area contributed by atoms with E-state index in [1.165, 1.54) is 23.1 Å². The van der Waals surface area contributed by atoms with Gasteiger partial charge in [0.15, 0.2) is 0 Å². The summed E-state index contributed by atoms with van der Waals surface area (Å²) in [6.07, 6.45) is 2.94. The van der Waals surface area contributed by atoms with Crippen LogP contribution in [0.25, 0.3) is 11.8 Å². The SMILES string of the molecule is Cc1cccc(-n2nc(C(C)(C)C)cc2NC(=O)CN(Cc2ccccc2)C(=O)/C=C/c2ccc([N+](=O)[O-])cc2)c1. The Morgan fingerprint density at radius 1 is 1.00 bits per heavy atom. The van der Waals surface area contributed by atoms with Crippen LogP contribution in [0.5, 0.6) is 0 Å². The number of nitro benzene ring substituents is 1. The number of nitro groups is 1. The molecule has 2 amide bonds. The Hall–Kier alpha value is -5.05. The Labute approximate surface area is 239 Å². The number of aromatic nitrogens is 2. The van der Waals surface area contributed by atoms with E-state index < -0.39 is 4.92 Å². The molecule has 0 fully saturated rings. The van der Waals surface area contributed by atoms with Gasteiger partial charge in [0.05, 0.1) is 16.3 Å². The van der Waals surface area contributed by atoms with Crippen LogP contribution in [0.1, 0.15) is 43.2 Å². The molecule has 9 nitrogen and oxygen atoms in total. The highest BCUT2D eigenvalue weighted by Gasteiger charge is 2.23. The Morgan fingerprint density at radius 2 is 1.71 bits per heavy atom. The zero-order chi connectivity index (χ0) is 29.6. The number of hydrogen-bond acceptors (Lipinski definition) is 5. The highest BCUT2D eigenvalue weighted by molar-refractivity contribution is 5.98. The van der Waals surface area contributed by atoms with Gasteiger partial charge in [0, 0.05) is 36.2 Å². The summed E-state index contributed by atoms with van der Waals surface area (Å²) in [5, 5.41) is 18.7. The fourth-order valence-corrected chi connectivity index (χ4v) is 4.14. The summed E-state index contributed by atoms with van der Waals surface area (Å²) in [5.41, 5.74) is 3.92. The zero-order valence-electron chi connectivity index (χ0n) is 23.6. The lowest BCUT2D eigenvalue weighted by molar-refractivity contribution is -0.384. The van der Waals surface area contributed by atoms with Crippen LogP contribution in [0.15, 0.2) is 91.0 Å². The van der Waals surface area contributed by atoms with Crippen molar-refractivity contribution in [1.82, 2.24) is 14.7 Å². The van der Waals surface area contributed by atoms with Crippen molar-refractivity contribution >= 4 is 29.4 Å². The summed E-state index contributed by atoms with van der Waals surface area (Å²) in [6, 6.07) is 25.0. The van der Waals surface area contributed by atoms with Gasteiger partial charge >= 0.3 is 0 Å². The number of nitrogens with one attached hydrogen (secondary N) is 1. The maximum Gasteiger partial charge on any atom is 0.269 e. The van der Waals surface area contributed by atoms with E-state index in [0.717, 1.165) is 22.5 Å². The third-order valence-electron chi connectivity index (χ3n) is 6.38. The second-order valence-electron chi connectivity index (χ2n) is 10.8. The molecule has 41 heavy (non-hydrogen) atoms. The molecule has 210 valence electrons. The predicted molar refractivity (Wildman–Crippen MR) is 160 cm³/mol. The van der Waals surface area contributed by atoms with Crippen LogP contribution >= 0.6 is 0 Å². The van der Waals surface area contributed by atoms with E-state index in [9.17, 15) is 19.7 Å². The highest BCUT2D eigenvalue weighted by atomic mass is 16.6. The number of non-ortho nitro benzene ring substituents is 1. The van der Waals surface area contributed by atoms with Crippen LogP contribution in [0.3, 0.4) is 0 Å². The first kappa shape index (κ1) is 28.9. The number of aryl methyl sites for hydroxylation is 1. The molecule has 1 aromatic heterocycles. The van der Waals surface area contributed by atoms with Gasteiger partial charge in [0.1, 0.15) is 12.4 Å². The molecule has 0 bridgehead atoms. The van der Waals surface area contributed by atoms with Crippen LogP contribution < -0.4 is 5.32 Å². The van der Waals surface area contributed by atoms with Gasteiger partial charge < -0.3 is 10.2 Å². The van der Waals surface area contributed by atoms with Gasteiger partial charge in [-0.2, -0.15) is 5.10 Å². The lowest BCUT2D eigenvalue weighted by Gasteiger charge is -2.21. The first-order chi connectivity index (χ1) is 19.5. The molecule has 0 spiro atoms. The first-order valence-electron chi connectivity index (χ1n) is 13.2. The van der Waals surface area contributed by atoms with Gasteiger partial charge in [-0.3, -0.25) is 19.7 Å². The molecule has 4 aromatic rings. The van der Waals surface area contributed by atoms with Gasteiger partial charge in [-0.15, -0.1) is 0 Å². The van der Waals surface area contributed by atoms with Crippen LogP contribution in [-0.2, 0) is 21.5 Å². The van der Waals surface area contributed by atoms with E-state index in [1.54, 1.807) is 22.9 Å². The van der Waals surface area contributed by atoms with Crippen molar-refractivity contribution in [2.75, 3.05) is 11.9 Å². The second-order valence-corrected chi connectivity index (χ2v) is 10.8. The number of anilines is 1. The standard InChI is InChI=1S/C32H33N5O4/c1-23-9-8-12-27(19-23)36-29(20-28(34-36)32(2,3)4)33-30(38)22-35(21-25-10-6-5-7-11-25)31(39)18-15-24-13-16-26(17-14-24)37(40)41/h5-20H,21-22H2,1-4H3,(H,33,38)/b18-15+. The van der Waals surface area contributed by atoms with Crippen LogP contribution in [0.2, 0.25) is 0 Å². The summed E-state index contributed by atoms with van der Waals surface area (Å²) >= 11 is 0. The summed E-state index contributed by atoms with van der Waals surface area (Å²) in [6.45, 7) is 8.19. The number of carbonyl (C=O) groups is 2. The average molecular weight is 552 g/mol. The number of hydrogen-bond donors (Lipinski definition) is 1. The molecule has 0 atom stereocenters. The van der Waals surface area contributed by atoms with Crippen molar-refractivity contribution in [2.24, 2.45) is 0 Å². The quantitative estimate of drug-likeness (QED) is 0.154. The van der Waals surface area contributed by atoms with Crippen molar-refractivity contribution in [3.63, 3.8) is 0 Å². The first-order valence-corrected chi connectivity index (χ1v) is 13.2. The summed E-state index contributed by atoms with van der Waals surface area (Å²) in [4.78, 5) is 38.5. The van der Waals surface area contributed by atoms with E-state index in [1.807, 2.05) is 67.6 Å². The number of benzene rings is 3. The van der Waals surface area contributed by atoms with E-state index in [0.29, 0.717) is 11.4 Å². The third-order valence-corrected chi connectivity index (χ3v) is 6.38. The molecule has 1 N–H and O–H groups in total. The van der Waals surface area contributed by atoms with Gasteiger partial charge in [0.25, 0.3) is 5.69 Å². The zero-order valence-corrected chi connectivity index (χ0v) is 23.6. The van der Waals surface area contributed by atoms with Crippen molar-refractivity contribution < 1.29 is 14.5 Å². The fraction of sp³-hybridized carbons (Fsp3) is 0.219. The van der Waals surface area contributed by atoms with Gasteiger partial charge in [0.2, 0.25) is 11.8 Å². The summed E-state index contributed by atoms with van der Waals surface area (Å²) in [7, 11) is 0. The van der Waals surface area contributed by atoms with Crippen molar-refractivity contribution in [2.45, 2.75) is 39.7 Å². The predicted octanol–water partition coefficient (Wildman–Crippen LogP) is 6.07. The molecule has 0 aliphatic carbocycles. The van der Waals surface area contributed by atoms with E-state index in [-0.39, 0.29) is 36.0 Å². The van der Waals surface area contributed by atoms with Crippen molar-refractivity contribution in [1.29, 1.82) is 0 Å². The molecule has 3 aromatic carbocycles. The number of nitrogens with zero attached hydrogens (tertiary/aromatic N) is 4. The molecular formula is C32H33N5O4. The maximum absolute atomic E-state index is 13.4. The summed E-state index contributed by atoms with van der Waals surface area (Å²) < 4.78 is 1.71. The van der Waals surface area contributed by atoms with Crippen LogP contribution in [-0.4, -0.2) is 38.0 Å². The minimum absolute atomic E-state index is 0.0321. The Kier molecular flexibility index (Phi) is 8.77. The largest absolute Gasteiger partial charge is 0.326 e. The van der Waals surface area contributed by atoms with Crippen molar-refractivity contribution in [3.8, 4) is 5.69 Å². The average Bonchev–Trinajstić information content (AvgIpc) is 3.36. The highest BCUT2D eigenvalue weighted by Crippen LogP contribution is 2.26. The normalized spacial score (nSPS) is 11.4. The van der Waals surface area contributed by atoms with Crippen LogP contribution in [0.4, 0.5) is 11.5 Å². The Bertz CT molecular complexity index is 1570. The van der Waals surface area contributed by atoms with Gasteiger partial charge in [-0.05, 0) is 54.0 Å². The molecule has 0 aliphatic heterocycles. The molecule has 0 saturated carbocycles. The van der Waals surface area contributed by atoms with Crippen LogP contribution in [0, 0.1) is 17.0 Å². The molecule has 0 radical (unpaired) electrons. The number of amides is 2. The fourth-order valence-electron chi connectivity index (χ4n) is 4.14. The smallest absolute Gasteiger partial charge is 0.269 e. The van der Waals surface area contributed by atoms with E-state index in [2.05, 4.69) is 26.1 Å². The molecule has 9 heteroatoms. The third kappa shape index (κ3) is 7.76. The molecule has 0 saturated heterocycles. The van der Waals surface area contributed by atoms with Gasteiger partial charge in [-0.25, -0.2) is 4.68 Å². The maximum atomic E-state index is 13.4. The molecule has 0 unspecified atom stereocenters. The Morgan fingerprint density at radius 3 is 2.34 bits per heavy atom. The monoisotopic (exact) mass is 551 g/mol. The molecular weight excluding hydrogens is 518 g/mol. The van der Waals surface area contributed by atoms with Crippen molar-refractivity contribution in [3.05, 3.63) is 124 Å². The molecule has 1 heterocycles.